The van der Waals surface area contributed by atoms with Crippen LogP contribution in [0.5, 0.6) is 0 Å². The van der Waals surface area contributed by atoms with Crippen LogP contribution >= 0.6 is 0 Å². The van der Waals surface area contributed by atoms with E-state index in [2.05, 4.69) is 28.8 Å². The maximum absolute atomic E-state index is 6.26. The molecule has 1 heterocycles. The van der Waals surface area contributed by atoms with E-state index in [-0.39, 0.29) is 0 Å². The summed E-state index contributed by atoms with van der Waals surface area (Å²) in [5, 5.41) is 0. The van der Waals surface area contributed by atoms with Gasteiger partial charge in [0.05, 0.1) is 12.2 Å². The molecule has 0 spiro atoms. The van der Waals surface area contributed by atoms with Crippen LogP contribution in [0.15, 0.2) is 30.3 Å². The Balaban J connectivity index is 1.92. The minimum Gasteiger partial charge on any atom is -0.384 e. The molecule has 1 fully saturated rings. The smallest absolute Gasteiger partial charge is 0.126 e. The normalized spacial score (nSPS) is 16.4. The van der Waals surface area contributed by atoms with E-state index >= 15 is 0 Å². The van der Waals surface area contributed by atoms with Gasteiger partial charge >= 0.3 is 0 Å². The van der Waals surface area contributed by atoms with Gasteiger partial charge in [0.2, 0.25) is 0 Å². The molecule has 0 radical (unpaired) electrons. The molecule has 3 rings (SSSR count). The highest BCUT2D eigenvalue weighted by Gasteiger charge is 2.23. The quantitative estimate of drug-likeness (QED) is 0.919. The van der Waals surface area contributed by atoms with Crippen molar-refractivity contribution in [1.82, 2.24) is 9.55 Å². The van der Waals surface area contributed by atoms with Crippen molar-refractivity contribution in [2.75, 3.05) is 5.73 Å². The molecular formula is C17H23N3. The standard InChI is InChI=1S/C17H23N3/c1-13-16(18)20(12-14-8-4-2-5-9-14)17(19-13)15-10-6-3-7-11-15/h2,4-5,8-9,15H,3,6-7,10-12,18H2,1H3. The van der Waals surface area contributed by atoms with Crippen molar-refractivity contribution >= 4 is 5.82 Å². The Morgan fingerprint density at radius 3 is 2.55 bits per heavy atom. The minimum absolute atomic E-state index is 0.587. The average Bonchev–Trinajstić information content (AvgIpc) is 2.78. The lowest BCUT2D eigenvalue weighted by Gasteiger charge is -2.22. The highest BCUT2D eigenvalue weighted by Crippen LogP contribution is 2.34. The fourth-order valence-electron chi connectivity index (χ4n) is 3.21. The van der Waals surface area contributed by atoms with Gasteiger partial charge in [-0.15, -0.1) is 0 Å². The third-order valence-corrected chi connectivity index (χ3v) is 4.37. The van der Waals surface area contributed by atoms with Crippen LogP contribution in [-0.2, 0) is 6.54 Å². The maximum atomic E-state index is 6.26. The molecule has 0 bridgehead atoms. The first-order chi connectivity index (χ1) is 9.75. The fraction of sp³-hybridized carbons (Fsp3) is 0.471. The van der Waals surface area contributed by atoms with Crippen molar-refractivity contribution in [3.05, 3.63) is 47.4 Å². The maximum Gasteiger partial charge on any atom is 0.126 e. The zero-order chi connectivity index (χ0) is 13.9. The molecule has 1 aliphatic carbocycles. The van der Waals surface area contributed by atoms with E-state index in [4.69, 9.17) is 10.7 Å². The van der Waals surface area contributed by atoms with Crippen molar-refractivity contribution in [2.24, 2.45) is 0 Å². The van der Waals surface area contributed by atoms with E-state index in [1.165, 1.54) is 43.5 Å². The largest absolute Gasteiger partial charge is 0.384 e. The zero-order valence-electron chi connectivity index (χ0n) is 12.2. The van der Waals surface area contributed by atoms with Crippen molar-refractivity contribution in [2.45, 2.75) is 51.5 Å². The number of nitrogens with zero attached hydrogens (tertiary/aromatic N) is 2. The van der Waals surface area contributed by atoms with E-state index < -0.39 is 0 Å². The Kier molecular flexibility index (Phi) is 3.77. The summed E-state index contributed by atoms with van der Waals surface area (Å²) in [5.74, 6) is 2.61. The molecule has 0 unspecified atom stereocenters. The lowest BCUT2D eigenvalue weighted by atomic mass is 9.88. The first-order valence-corrected chi connectivity index (χ1v) is 7.62. The molecule has 2 aromatic rings. The number of rotatable bonds is 3. The highest BCUT2D eigenvalue weighted by molar-refractivity contribution is 5.39. The summed E-state index contributed by atoms with van der Waals surface area (Å²) in [6.45, 7) is 2.85. The van der Waals surface area contributed by atoms with Gasteiger partial charge in [0.15, 0.2) is 0 Å². The van der Waals surface area contributed by atoms with Crippen LogP contribution in [0.1, 0.15) is 55.1 Å². The molecule has 106 valence electrons. The number of aryl methyl sites for hydroxylation is 1. The summed E-state index contributed by atoms with van der Waals surface area (Å²) in [7, 11) is 0. The lowest BCUT2D eigenvalue weighted by molar-refractivity contribution is 0.419. The van der Waals surface area contributed by atoms with Crippen molar-refractivity contribution < 1.29 is 0 Å². The zero-order valence-corrected chi connectivity index (χ0v) is 12.2. The minimum atomic E-state index is 0.587. The van der Waals surface area contributed by atoms with Crippen molar-refractivity contribution in [3.63, 3.8) is 0 Å². The van der Waals surface area contributed by atoms with Crippen LogP contribution in [0.2, 0.25) is 0 Å². The first kappa shape index (κ1) is 13.2. The van der Waals surface area contributed by atoms with Gasteiger partial charge in [0.1, 0.15) is 11.6 Å². The third-order valence-electron chi connectivity index (χ3n) is 4.37. The Bertz CT molecular complexity index is 565. The molecule has 2 N–H and O–H groups in total. The Labute approximate surface area is 120 Å². The summed E-state index contributed by atoms with van der Waals surface area (Å²) in [6, 6.07) is 10.5. The molecule has 0 amide bonds. The summed E-state index contributed by atoms with van der Waals surface area (Å²) in [5.41, 5.74) is 8.52. The van der Waals surface area contributed by atoms with E-state index in [0.29, 0.717) is 5.92 Å². The van der Waals surface area contributed by atoms with Gasteiger partial charge in [-0.1, -0.05) is 49.6 Å². The van der Waals surface area contributed by atoms with Crippen LogP contribution in [0.25, 0.3) is 0 Å². The third kappa shape index (κ3) is 2.58. The second-order valence-electron chi connectivity index (χ2n) is 5.85. The molecule has 0 atom stereocenters. The molecule has 20 heavy (non-hydrogen) atoms. The summed E-state index contributed by atoms with van der Waals surface area (Å²) in [6.07, 6.45) is 6.52. The molecule has 1 aromatic heterocycles. The monoisotopic (exact) mass is 269 g/mol. The molecule has 1 saturated carbocycles. The van der Waals surface area contributed by atoms with E-state index in [1.807, 2.05) is 13.0 Å². The molecule has 3 nitrogen and oxygen atoms in total. The number of hydrogen-bond acceptors (Lipinski definition) is 2. The molecule has 3 heteroatoms. The van der Waals surface area contributed by atoms with Gasteiger partial charge in [-0.05, 0) is 25.3 Å². The summed E-state index contributed by atoms with van der Waals surface area (Å²) >= 11 is 0. The van der Waals surface area contributed by atoms with Gasteiger partial charge in [0, 0.05) is 5.92 Å². The Morgan fingerprint density at radius 1 is 1.15 bits per heavy atom. The summed E-state index contributed by atoms with van der Waals surface area (Å²) in [4.78, 5) is 4.77. The number of hydrogen-bond donors (Lipinski definition) is 1. The van der Waals surface area contributed by atoms with Crippen LogP contribution in [-0.4, -0.2) is 9.55 Å². The molecule has 0 saturated heterocycles. The second-order valence-corrected chi connectivity index (χ2v) is 5.85. The molecule has 0 aliphatic heterocycles. The number of nitrogens with two attached hydrogens (primary N) is 1. The topological polar surface area (TPSA) is 43.8 Å². The lowest BCUT2D eigenvalue weighted by Crippen LogP contribution is -2.14. The predicted octanol–water partition coefficient (Wildman–Crippen LogP) is 3.87. The SMILES string of the molecule is Cc1nc(C2CCCCC2)n(Cc2ccccc2)c1N. The van der Waals surface area contributed by atoms with E-state index in [0.717, 1.165) is 18.1 Å². The predicted molar refractivity (Wildman–Crippen MR) is 82.7 cm³/mol. The fourth-order valence-corrected chi connectivity index (χ4v) is 3.21. The van der Waals surface area contributed by atoms with Gasteiger partial charge in [-0.25, -0.2) is 4.98 Å². The van der Waals surface area contributed by atoms with Gasteiger partial charge in [0.25, 0.3) is 0 Å². The molecule has 1 aromatic carbocycles. The second kappa shape index (κ2) is 5.70. The van der Waals surface area contributed by atoms with Crippen molar-refractivity contribution in [1.29, 1.82) is 0 Å². The number of imidazole rings is 1. The van der Waals surface area contributed by atoms with Gasteiger partial charge in [-0.3, -0.25) is 0 Å². The number of benzene rings is 1. The molecule has 1 aliphatic rings. The number of aromatic nitrogens is 2. The molecular weight excluding hydrogens is 246 g/mol. The van der Waals surface area contributed by atoms with Crippen LogP contribution in [0.3, 0.4) is 0 Å². The summed E-state index contributed by atoms with van der Waals surface area (Å²) < 4.78 is 2.22. The highest BCUT2D eigenvalue weighted by atomic mass is 15.1. The first-order valence-electron chi connectivity index (χ1n) is 7.62. The number of nitrogen functional groups attached to an aromatic ring is 1. The van der Waals surface area contributed by atoms with Crippen LogP contribution < -0.4 is 5.73 Å². The van der Waals surface area contributed by atoms with Crippen LogP contribution in [0.4, 0.5) is 5.82 Å². The Morgan fingerprint density at radius 2 is 1.85 bits per heavy atom. The van der Waals surface area contributed by atoms with Crippen LogP contribution in [0, 0.1) is 6.92 Å². The Hall–Kier alpha value is -1.77. The van der Waals surface area contributed by atoms with Crippen molar-refractivity contribution in [3.8, 4) is 0 Å². The van der Waals surface area contributed by atoms with E-state index in [9.17, 15) is 0 Å². The van der Waals surface area contributed by atoms with E-state index in [1.54, 1.807) is 0 Å². The van der Waals surface area contributed by atoms with Gasteiger partial charge < -0.3 is 10.3 Å². The number of anilines is 1. The average molecular weight is 269 g/mol. The van der Waals surface area contributed by atoms with Gasteiger partial charge in [-0.2, -0.15) is 0 Å².